The number of methoxy groups -OCH3 is 1. The molecule has 0 N–H and O–H groups in total. The second-order valence-corrected chi connectivity index (χ2v) is 3.70. The van der Waals surface area contributed by atoms with Gasteiger partial charge < -0.3 is 9.64 Å². The van der Waals surface area contributed by atoms with Crippen LogP contribution in [0.1, 0.15) is 32.6 Å². The fourth-order valence-corrected chi connectivity index (χ4v) is 2.09. The molecule has 0 saturated heterocycles. The number of hydrogen-bond acceptors (Lipinski definition) is 2. The fourth-order valence-electron chi connectivity index (χ4n) is 2.09. The molecule has 0 aromatic carbocycles. The Kier molecular flexibility index (Phi) is 4.02. The number of rotatable bonds is 3. The molecule has 2 atom stereocenters. The third kappa shape index (κ3) is 2.20. The van der Waals surface area contributed by atoms with Crippen LogP contribution in [-0.2, 0) is 4.74 Å². The highest BCUT2D eigenvalue weighted by Crippen LogP contribution is 2.24. The molecule has 0 aromatic heterocycles. The van der Waals surface area contributed by atoms with E-state index in [1.807, 2.05) is 7.11 Å². The van der Waals surface area contributed by atoms with E-state index in [1.54, 1.807) is 0 Å². The zero-order valence-corrected chi connectivity index (χ0v) is 8.55. The molecule has 0 radical (unpaired) electrons. The van der Waals surface area contributed by atoms with E-state index in [4.69, 9.17) is 4.74 Å². The largest absolute Gasteiger partial charge is 0.380 e. The van der Waals surface area contributed by atoms with Crippen molar-refractivity contribution in [2.24, 2.45) is 0 Å². The second kappa shape index (κ2) is 4.83. The Hall–Kier alpha value is -0.0800. The first-order valence-electron chi connectivity index (χ1n) is 5.02. The lowest BCUT2D eigenvalue weighted by molar-refractivity contribution is -0.000184. The van der Waals surface area contributed by atoms with Gasteiger partial charge in [-0.05, 0) is 26.4 Å². The minimum atomic E-state index is 0.476. The van der Waals surface area contributed by atoms with Crippen LogP contribution in [0.25, 0.3) is 0 Å². The van der Waals surface area contributed by atoms with Gasteiger partial charge in [0.05, 0.1) is 6.10 Å². The van der Waals surface area contributed by atoms with Crippen LogP contribution >= 0.6 is 0 Å². The minimum absolute atomic E-state index is 0.476. The Balaban J connectivity index is 2.46. The van der Waals surface area contributed by atoms with E-state index in [-0.39, 0.29) is 0 Å². The summed E-state index contributed by atoms with van der Waals surface area (Å²) in [6.45, 7) is 3.34. The van der Waals surface area contributed by atoms with Crippen molar-refractivity contribution in [1.29, 1.82) is 0 Å². The maximum atomic E-state index is 5.49. The van der Waals surface area contributed by atoms with Crippen LogP contribution in [0.15, 0.2) is 0 Å². The smallest absolute Gasteiger partial charge is 0.0726 e. The molecule has 0 amide bonds. The van der Waals surface area contributed by atoms with E-state index >= 15 is 0 Å². The number of ether oxygens (including phenoxy) is 1. The average molecular weight is 171 g/mol. The van der Waals surface area contributed by atoms with Gasteiger partial charge in [-0.2, -0.15) is 0 Å². The summed E-state index contributed by atoms with van der Waals surface area (Å²) in [7, 11) is 4.04. The van der Waals surface area contributed by atoms with Crippen LogP contribution in [0.4, 0.5) is 0 Å². The normalized spacial score (nSPS) is 31.0. The SMILES string of the molecule is CCN(C)[C@@H]1CCCCC1OC. The van der Waals surface area contributed by atoms with Crippen molar-refractivity contribution >= 4 is 0 Å². The highest BCUT2D eigenvalue weighted by molar-refractivity contribution is 4.81. The molecular weight excluding hydrogens is 150 g/mol. The van der Waals surface area contributed by atoms with Crippen LogP contribution in [-0.4, -0.2) is 37.7 Å². The standard InChI is InChI=1S/C10H21NO/c1-4-11(2)9-7-5-6-8-10(9)12-3/h9-10H,4-8H2,1-3H3/t9-,10?/m1/s1. The number of nitrogens with zero attached hydrogens (tertiary/aromatic N) is 1. The lowest BCUT2D eigenvalue weighted by Gasteiger charge is -2.36. The summed E-state index contributed by atoms with van der Waals surface area (Å²) in [5.74, 6) is 0. The molecule has 2 heteroatoms. The Bertz CT molecular complexity index is 127. The molecule has 1 saturated carbocycles. The van der Waals surface area contributed by atoms with Gasteiger partial charge in [-0.15, -0.1) is 0 Å². The first-order chi connectivity index (χ1) is 5.79. The lowest BCUT2D eigenvalue weighted by Crippen LogP contribution is -2.44. The number of hydrogen-bond donors (Lipinski definition) is 0. The van der Waals surface area contributed by atoms with Gasteiger partial charge in [-0.3, -0.25) is 0 Å². The van der Waals surface area contributed by atoms with Crippen molar-refractivity contribution < 1.29 is 4.74 Å². The van der Waals surface area contributed by atoms with Crippen molar-refractivity contribution in [3.05, 3.63) is 0 Å². The molecule has 0 heterocycles. The topological polar surface area (TPSA) is 12.5 Å². The monoisotopic (exact) mass is 171 g/mol. The predicted molar refractivity (Wildman–Crippen MR) is 51.4 cm³/mol. The highest BCUT2D eigenvalue weighted by Gasteiger charge is 2.26. The Morgan fingerprint density at radius 1 is 1.33 bits per heavy atom. The van der Waals surface area contributed by atoms with Crippen LogP contribution in [0, 0.1) is 0 Å². The van der Waals surface area contributed by atoms with Gasteiger partial charge in [0.1, 0.15) is 0 Å². The van der Waals surface area contributed by atoms with E-state index in [9.17, 15) is 0 Å². The first kappa shape index (κ1) is 10.0. The summed E-state index contributed by atoms with van der Waals surface area (Å²) >= 11 is 0. The molecule has 0 aliphatic heterocycles. The summed E-state index contributed by atoms with van der Waals surface area (Å²) in [4.78, 5) is 2.41. The van der Waals surface area contributed by atoms with Gasteiger partial charge in [-0.1, -0.05) is 19.8 Å². The van der Waals surface area contributed by atoms with E-state index in [0.717, 1.165) is 6.54 Å². The van der Waals surface area contributed by atoms with Gasteiger partial charge in [0, 0.05) is 13.2 Å². The zero-order valence-electron chi connectivity index (χ0n) is 8.55. The van der Waals surface area contributed by atoms with Crippen LogP contribution in [0.5, 0.6) is 0 Å². The van der Waals surface area contributed by atoms with Crippen molar-refractivity contribution in [2.45, 2.75) is 44.8 Å². The molecule has 1 aliphatic carbocycles. The van der Waals surface area contributed by atoms with E-state index in [1.165, 1.54) is 25.7 Å². The number of likely N-dealkylation sites (N-methyl/N-ethyl adjacent to an activating group) is 1. The Morgan fingerprint density at radius 3 is 2.58 bits per heavy atom. The van der Waals surface area contributed by atoms with Crippen molar-refractivity contribution in [3.63, 3.8) is 0 Å². The van der Waals surface area contributed by atoms with Crippen LogP contribution < -0.4 is 0 Å². The Morgan fingerprint density at radius 2 is 2.00 bits per heavy atom. The molecule has 0 bridgehead atoms. The zero-order chi connectivity index (χ0) is 8.97. The molecule has 72 valence electrons. The van der Waals surface area contributed by atoms with E-state index in [2.05, 4.69) is 18.9 Å². The average Bonchev–Trinajstić information content (AvgIpc) is 2.16. The van der Waals surface area contributed by atoms with E-state index < -0.39 is 0 Å². The summed E-state index contributed by atoms with van der Waals surface area (Å²) in [5.41, 5.74) is 0. The molecular formula is C10H21NO. The molecule has 1 fully saturated rings. The van der Waals surface area contributed by atoms with E-state index in [0.29, 0.717) is 12.1 Å². The maximum Gasteiger partial charge on any atom is 0.0726 e. The highest BCUT2D eigenvalue weighted by atomic mass is 16.5. The molecule has 1 rings (SSSR count). The van der Waals surface area contributed by atoms with Gasteiger partial charge in [0.15, 0.2) is 0 Å². The lowest BCUT2D eigenvalue weighted by atomic mass is 9.91. The summed E-state index contributed by atoms with van der Waals surface area (Å²) in [5, 5.41) is 0. The summed E-state index contributed by atoms with van der Waals surface area (Å²) in [6, 6.07) is 0.661. The molecule has 2 nitrogen and oxygen atoms in total. The van der Waals surface area contributed by atoms with Crippen LogP contribution in [0.2, 0.25) is 0 Å². The summed E-state index contributed by atoms with van der Waals surface area (Å²) in [6.07, 6.45) is 5.74. The van der Waals surface area contributed by atoms with Gasteiger partial charge in [-0.25, -0.2) is 0 Å². The first-order valence-corrected chi connectivity index (χ1v) is 5.02. The molecule has 12 heavy (non-hydrogen) atoms. The molecule has 0 aromatic rings. The van der Waals surface area contributed by atoms with Crippen molar-refractivity contribution in [3.8, 4) is 0 Å². The van der Waals surface area contributed by atoms with Gasteiger partial charge in [0.25, 0.3) is 0 Å². The summed E-state index contributed by atoms with van der Waals surface area (Å²) < 4.78 is 5.49. The second-order valence-electron chi connectivity index (χ2n) is 3.70. The van der Waals surface area contributed by atoms with Crippen molar-refractivity contribution in [2.75, 3.05) is 20.7 Å². The van der Waals surface area contributed by atoms with Gasteiger partial charge >= 0.3 is 0 Å². The fraction of sp³-hybridized carbons (Fsp3) is 1.00. The maximum absolute atomic E-state index is 5.49. The third-order valence-electron chi connectivity index (χ3n) is 3.04. The molecule has 0 spiro atoms. The third-order valence-corrected chi connectivity index (χ3v) is 3.04. The Labute approximate surface area is 75.9 Å². The quantitative estimate of drug-likeness (QED) is 0.643. The predicted octanol–water partition coefficient (Wildman–Crippen LogP) is 1.90. The van der Waals surface area contributed by atoms with Crippen LogP contribution in [0.3, 0.4) is 0 Å². The molecule has 1 unspecified atom stereocenters. The van der Waals surface area contributed by atoms with Gasteiger partial charge in [0.2, 0.25) is 0 Å². The van der Waals surface area contributed by atoms with Crippen molar-refractivity contribution in [1.82, 2.24) is 4.90 Å². The molecule has 1 aliphatic rings. The minimum Gasteiger partial charge on any atom is -0.380 e.